The maximum Gasteiger partial charge on any atom is 0.306 e. The molecule has 4 nitrogen and oxygen atoms in total. The molecule has 0 atom stereocenters. The molecule has 0 aliphatic rings. The molecular formula is C22H39NO3. The Morgan fingerprint density at radius 3 is 2.27 bits per heavy atom. The van der Waals surface area contributed by atoms with Gasteiger partial charge in [-0.05, 0) is 46.1 Å². The second-order valence-corrected chi connectivity index (χ2v) is 7.17. The molecule has 0 aliphatic carbocycles. The van der Waals surface area contributed by atoms with Crippen LogP contribution in [0, 0.1) is 0 Å². The monoisotopic (exact) mass is 365 g/mol. The Bertz CT molecular complexity index is 448. The first-order valence-corrected chi connectivity index (χ1v) is 10.2. The van der Waals surface area contributed by atoms with Crippen molar-refractivity contribution in [3.63, 3.8) is 0 Å². The summed E-state index contributed by atoms with van der Waals surface area (Å²) in [5.41, 5.74) is 2.53. The molecule has 0 saturated heterocycles. The third-order valence-electron chi connectivity index (χ3n) is 4.18. The zero-order valence-corrected chi connectivity index (χ0v) is 17.4. The second kappa shape index (κ2) is 16.9. The van der Waals surface area contributed by atoms with Crippen LogP contribution in [0.5, 0.6) is 0 Å². The van der Waals surface area contributed by atoms with Crippen molar-refractivity contribution in [3.05, 3.63) is 23.3 Å². The van der Waals surface area contributed by atoms with Gasteiger partial charge in [0, 0.05) is 13.0 Å². The highest BCUT2D eigenvalue weighted by Crippen LogP contribution is 2.07. The summed E-state index contributed by atoms with van der Waals surface area (Å²) in [6.07, 6.45) is 13.7. The molecule has 0 bridgehead atoms. The van der Waals surface area contributed by atoms with Crippen LogP contribution in [-0.4, -0.2) is 25.0 Å². The smallest absolute Gasteiger partial charge is 0.306 e. The van der Waals surface area contributed by atoms with Gasteiger partial charge in [-0.3, -0.25) is 9.59 Å². The topological polar surface area (TPSA) is 55.4 Å². The molecular weight excluding hydrogens is 326 g/mol. The molecule has 1 N–H and O–H groups in total. The summed E-state index contributed by atoms with van der Waals surface area (Å²) in [4.78, 5) is 23.4. The Labute approximate surface area is 160 Å². The molecule has 150 valence electrons. The average Bonchev–Trinajstić information content (AvgIpc) is 2.59. The minimum Gasteiger partial charge on any atom is -0.461 e. The summed E-state index contributed by atoms with van der Waals surface area (Å²) in [5.74, 6) is -0.378. The molecule has 0 fully saturated rings. The molecule has 1 amide bonds. The number of hydrogen-bond donors (Lipinski definition) is 1. The largest absolute Gasteiger partial charge is 0.461 e. The molecule has 0 aliphatic heterocycles. The number of amides is 1. The predicted molar refractivity (Wildman–Crippen MR) is 109 cm³/mol. The lowest BCUT2D eigenvalue weighted by atomic mass is 10.1. The fourth-order valence-electron chi connectivity index (χ4n) is 2.48. The van der Waals surface area contributed by atoms with Gasteiger partial charge < -0.3 is 10.1 Å². The Morgan fingerprint density at radius 2 is 1.58 bits per heavy atom. The number of esters is 1. The molecule has 0 aromatic heterocycles. The Kier molecular flexibility index (Phi) is 15.8. The summed E-state index contributed by atoms with van der Waals surface area (Å²) in [5, 5.41) is 2.87. The summed E-state index contributed by atoms with van der Waals surface area (Å²) in [6.45, 7) is 9.42. The van der Waals surface area contributed by atoms with Crippen LogP contribution in [0.25, 0.3) is 0 Å². The SMILES string of the molecule is CCCCCCCCNC(=O)CCC(=O)OC/C=C(\C)CCC=C(C)C. The molecule has 0 aromatic carbocycles. The lowest BCUT2D eigenvalue weighted by Crippen LogP contribution is -2.25. The first-order chi connectivity index (χ1) is 12.5. The van der Waals surface area contributed by atoms with Crippen LogP contribution in [0.2, 0.25) is 0 Å². The molecule has 0 heterocycles. The molecule has 0 radical (unpaired) electrons. The molecule has 0 saturated carbocycles. The van der Waals surface area contributed by atoms with Gasteiger partial charge in [0.25, 0.3) is 0 Å². The van der Waals surface area contributed by atoms with Gasteiger partial charge >= 0.3 is 5.97 Å². The number of unbranched alkanes of at least 4 members (excludes halogenated alkanes) is 5. The third kappa shape index (κ3) is 17.2. The van der Waals surface area contributed by atoms with Crippen LogP contribution in [-0.2, 0) is 14.3 Å². The van der Waals surface area contributed by atoms with Crippen LogP contribution >= 0.6 is 0 Å². The lowest BCUT2D eigenvalue weighted by molar-refractivity contribution is -0.143. The Balaban J connectivity index is 3.65. The summed E-state index contributed by atoms with van der Waals surface area (Å²) >= 11 is 0. The fourth-order valence-corrected chi connectivity index (χ4v) is 2.48. The number of rotatable bonds is 15. The van der Waals surface area contributed by atoms with Crippen LogP contribution < -0.4 is 5.32 Å². The molecule has 0 rings (SSSR count). The average molecular weight is 366 g/mol. The van der Waals surface area contributed by atoms with E-state index in [9.17, 15) is 9.59 Å². The number of hydrogen-bond acceptors (Lipinski definition) is 3. The van der Waals surface area contributed by atoms with Gasteiger partial charge in [-0.25, -0.2) is 0 Å². The van der Waals surface area contributed by atoms with Crippen molar-refractivity contribution < 1.29 is 14.3 Å². The summed E-state index contributed by atoms with van der Waals surface area (Å²) < 4.78 is 5.16. The van der Waals surface area contributed by atoms with Crippen LogP contribution in [0.4, 0.5) is 0 Å². The van der Waals surface area contributed by atoms with Gasteiger partial charge in [0.05, 0.1) is 6.42 Å². The Morgan fingerprint density at radius 1 is 0.885 bits per heavy atom. The highest BCUT2D eigenvalue weighted by atomic mass is 16.5. The number of allylic oxidation sites excluding steroid dienone is 3. The van der Waals surface area contributed by atoms with Crippen molar-refractivity contribution in [3.8, 4) is 0 Å². The van der Waals surface area contributed by atoms with Crippen molar-refractivity contribution >= 4 is 11.9 Å². The number of nitrogens with one attached hydrogen (secondary N) is 1. The highest BCUT2D eigenvalue weighted by molar-refractivity contribution is 5.81. The lowest BCUT2D eigenvalue weighted by Gasteiger charge is -2.06. The molecule has 26 heavy (non-hydrogen) atoms. The van der Waals surface area contributed by atoms with Gasteiger partial charge in [0.2, 0.25) is 5.91 Å². The quantitative estimate of drug-likeness (QED) is 0.237. The minimum absolute atomic E-state index is 0.0658. The first kappa shape index (κ1) is 24.4. The molecule has 4 heteroatoms. The zero-order chi connectivity index (χ0) is 19.6. The van der Waals surface area contributed by atoms with Crippen molar-refractivity contribution in [2.24, 2.45) is 0 Å². The van der Waals surface area contributed by atoms with Crippen LogP contribution in [0.3, 0.4) is 0 Å². The maximum atomic E-state index is 11.7. The van der Waals surface area contributed by atoms with Crippen molar-refractivity contribution in [1.82, 2.24) is 5.32 Å². The number of ether oxygens (including phenoxy) is 1. The zero-order valence-electron chi connectivity index (χ0n) is 17.4. The van der Waals surface area contributed by atoms with E-state index in [1.807, 2.05) is 13.0 Å². The Hall–Kier alpha value is -1.58. The van der Waals surface area contributed by atoms with E-state index in [0.717, 1.165) is 25.7 Å². The van der Waals surface area contributed by atoms with Gasteiger partial charge in [0.15, 0.2) is 0 Å². The van der Waals surface area contributed by atoms with Crippen LogP contribution in [0.15, 0.2) is 23.3 Å². The van der Waals surface area contributed by atoms with Crippen molar-refractivity contribution in [2.45, 2.75) is 91.9 Å². The van der Waals surface area contributed by atoms with E-state index >= 15 is 0 Å². The van der Waals surface area contributed by atoms with E-state index < -0.39 is 0 Å². The summed E-state index contributed by atoms with van der Waals surface area (Å²) in [6, 6.07) is 0. The van der Waals surface area contributed by atoms with Crippen LogP contribution in [0.1, 0.15) is 91.9 Å². The van der Waals surface area contributed by atoms with Crippen molar-refractivity contribution in [2.75, 3.05) is 13.2 Å². The molecule has 0 aromatic rings. The number of carbonyl (C=O) groups is 2. The van der Waals surface area contributed by atoms with Gasteiger partial charge in [-0.15, -0.1) is 0 Å². The standard InChI is InChI=1S/C22H39NO3/c1-5-6-7-8-9-10-17-23-21(24)14-15-22(25)26-18-16-20(4)13-11-12-19(2)3/h12,16H,5-11,13-15,17-18H2,1-4H3,(H,23,24)/b20-16+. The van der Waals surface area contributed by atoms with Gasteiger partial charge in [-0.2, -0.15) is 0 Å². The third-order valence-corrected chi connectivity index (χ3v) is 4.18. The van der Waals surface area contributed by atoms with E-state index in [4.69, 9.17) is 4.74 Å². The highest BCUT2D eigenvalue weighted by Gasteiger charge is 2.07. The number of carbonyl (C=O) groups excluding carboxylic acids is 2. The molecule has 0 spiro atoms. The first-order valence-electron chi connectivity index (χ1n) is 10.2. The van der Waals surface area contributed by atoms with E-state index in [1.54, 1.807) is 0 Å². The van der Waals surface area contributed by atoms with Gasteiger partial charge in [-0.1, -0.05) is 56.3 Å². The summed E-state index contributed by atoms with van der Waals surface area (Å²) in [7, 11) is 0. The van der Waals surface area contributed by atoms with E-state index in [1.165, 1.54) is 36.8 Å². The maximum absolute atomic E-state index is 11.7. The minimum atomic E-state index is -0.312. The normalized spacial score (nSPS) is 11.2. The second-order valence-electron chi connectivity index (χ2n) is 7.17. The van der Waals surface area contributed by atoms with Crippen molar-refractivity contribution in [1.29, 1.82) is 0 Å². The fraction of sp³-hybridized carbons (Fsp3) is 0.727. The predicted octanol–water partition coefficient (Wildman–Crippen LogP) is 5.48. The van der Waals surface area contributed by atoms with Gasteiger partial charge in [0.1, 0.15) is 6.61 Å². The van der Waals surface area contributed by atoms with E-state index in [-0.39, 0.29) is 24.7 Å². The molecule has 0 unspecified atom stereocenters. The van der Waals surface area contributed by atoms with E-state index in [0.29, 0.717) is 13.2 Å². The van der Waals surface area contributed by atoms with E-state index in [2.05, 4.69) is 32.2 Å².